The van der Waals surface area contributed by atoms with Gasteiger partial charge >= 0.3 is 5.97 Å². The van der Waals surface area contributed by atoms with E-state index in [-0.39, 0.29) is 17.2 Å². The van der Waals surface area contributed by atoms with Gasteiger partial charge in [0.1, 0.15) is 11.8 Å². The van der Waals surface area contributed by atoms with Gasteiger partial charge in [-0.2, -0.15) is 0 Å². The lowest BCUT2D eigenvalue weighted by Gasteiger charge is -2.07. The standard InChI is InChI=1S/C13H7Cl2F2NO2/c14-9-4-11(17)10(16)3-8(9)13(19)20-6-7-1-2-12(15)18-5-7/h1-5H,6H2. The average Bonchev–Trinajstić information content (AvgIpc) is 2.42. The normalized spacial score (nSPS) is 10.4. The van der Waals surface area contributed by atoms with Crippen LogP contribution in [0.5, 0.6) is 0 Å². The fraction of sp³-hybridized carbons (Fsp3) is 0.0769. The molecule has 2 aromatic rings. The highest BCUT2D eigenvalue weighted by Gasteiger charge is 2.16. The second-order valence-corrected chi connectivity index (χ2v) is 4.61. The minimum absolute atomic E-state index is 0.0850. The second-order valence-electron chi connectivity index (χ2n) is 3.81. The minimum Gasteiger partial charge on any atom is -0.457 e. The van der Waals surface area contributed by atoms with Crippen molar-refractivity contribution >= 4 is 29.2 Å². The first-order valence-electron chi connectivity index (χ1n) is 5.39. The first-order valence-corrected chi connectivity index (χ1v) is 6.15. The number of rotatable bonds is 3. The summed E-state index contributed by atoms with van der Waals surface area (Å²) in [6, 6.07) is 4.57. The molecule has 2 rings (SSSR count). The molecule has 0 amide bonds. The van der Waals surface area contributed by atoms with Crippen LogP contribution in [-0.2, 0) is 11.3 Å². The molecule has 0 aliphatic carbocycles. The van der Waals surface area contributed by atoms with Crippen molar-refractivity contribution in [3.8, 4) is 0 Å². The lowest BCUT2D eigenvalue weighted by Crippen LogP contribution is -2.07. The van der Waals surface area contributed by atoms with E-state index in [0.29, 0.717) is 16.8 Å². The van der Waals surface area contributed by atoms with E-state index in [4.69, 9.17) is 27.9 Å². The van der Waals surface area contributed by atoms with Gasteiger partial charge in [0.15, 0.2) is 11.6 Å². The fourth-order valence-corrected chi connectivity index (χ4v) is 1.74. The molecule has 0 unspecified atom stereocenters. The number of carbonyl (C=O) groups is 1. The first-order chi connectivity index (χ1) is 9.47. The molecule has 0 spiro atoms. The van der Waals surface area contributed by atoms with Crippen LogP contribution in [0.15, 0.2) is 30.5 Å². The molecule has 3 nitrogen and oxygen atoms in total. The topological polar surface area (TPSA) is 39.2 Å². The van der Waals surface area contributed by atoms with Gasteiger partial charge < -0.3 is 4.74 Å². The van der Waals surface area contributed by atoms with Gasteiger partial charge in [-0.15, -0.1) is 0 Å². The third-order valence-electron chi connectivity index (χ3n) is 2.39. The summed E-state index contributed by atoms with van der Waals surface area (Å²) in [6.45, 7) is -0.0850. The lowest BCUT2D eigenvalue weighted by molar-refractivity contribution is 0.0472. The van der Waals surface area contributed by atoms with Gasteiger partial charge in [-0.05, 0) is 18.2 Å². The van der Waals surface area contributed by atoms with E-state index in [1.165, 1.54) is 12.3 Å². The van der Waals surface area contributed by atoms with Gasteiger partial charge in [-0.3, -0.25) is 0 Å². The number of aromatic nitrogens is 1. The number of ether oxygens (including phenoxy) is 1. The predicted octanol–water partition coefficient (Wildman–Crippen LogP) is 4.02. The van der Waals surface area contributed by atoms with Crippen LogP contribution in [0.1, 0.15) is 15.9 Å². The molecule has 0 radical (unpaired) electrons. The molecular formula is C13H7Cl2F2NO2. The summed E-state index contributed by atoms with van der Waals surface area (Å²) in [5.41, 5.74) is 0.356. The Kier molecular flexibility index (Phi) is 4.52. The maximum atomic E-state index is 13.1. The maximum Gasteiger partial charge on any atom is 0.340 e. The van der Waals surface area contributed by atoms with Gasteiger partial charge in [0.2, 0.25) is 0 Å². The summed E-state index contributed by atoms with van der Waals surface area (Å²) in [5, 5.41) is 0.0897. The van der Waals surface area contributed by atoms with E-state index in [1.54, 1.807) is 6.07 Å². The average molecular weight is 318 g/mol. The number of halogens is 4. The molecule has 104 valence electrons. The van der Waals surface area contributed by atoms with E-state index >= 15 is 0 Å². The zero-order valence-corrected chi connectivity index (χ0v) is 11.4. The Hall–Kier alpha value is -1.72. The van der Waals surface area contributed by atoms with Crippen LogP contribution < -0.4 is 0 Å². The number of hydrogen-bond acceptors (Lipinski definition) is 3. The van der Waals surface area contributed by atoms with Crippen molar-refractivity contribution in [1.29, 1.82) is 0 Å². The Bertz CT molecular complexity index is 648. The van der Waals surface area contributed by atoms with E-state index < -0.39 is 17.6 Å². The highest BCUT2D eigenvalue weighted by atomic mass is 35.5. The molecule has 0 N–H and O–H groups in total. The molecule has 0 bridgehead atoms. The Balaban J connectivity index is 2.09. The van der Waals surface area contributed by atoms with E-state index in [0.717, 1.165) is 6.07 Å². The van der Waals surface area contributed by atoms with Gasteiger partial charge in [0, 0.05) is 11.8 Å². The number of esters is 1. The predicted molar refractivity (Wildman–Crippen MR) is 69.7 cm³/mol. The van der Waals surface area contributed by atoms with Gasteiger partial charge in [0.05, 0.1) is 10.6 Å². The molecule has 1 heterocycles. The smallest absolute Gasteiger partial charge is 0.340 e. The van der Waals surface area contributed by atoms with Crippen LogP contribution in [0.3, 0.4) is 0 Å². The SMILES string of the molecule is O=C(OCc1ccc(Cl)nc1)c1cc(F)c(F)cc1Cl. The van der Waals surface area contributed by atoms with E-state index in [2.05, 4.69) is 4.98 Å². The van der Waals surface area contributed by atoms with Crippen LogP contribution in [0.25, 0.3) is 0 Å². The van der Waals surface area contributed by atoms with Crippen molar-refractivity contribution in [3.63, 3.8) is 0 Å². The molecule has 0 aliphatic rings. The zero-order chi connectivity index (χ0) is 14.7. The van der Waals surface area contributed by atoms with Crippen LogP contribution in [0.2, 0.25) is 10.2 Å². The van der Waals surface area contributed by atoms with Gasteiger partial charge in [-0.1, -0.05) is 29.3 Å². The molecular weight excluding hydrogens is 311 g/mol. The quantitative estimate of drug-likeness (QED) is 0.487. The van der Waals surface area contributed by atoms with Crippen molar-refractivity contribution < 1.29 is 18.3 Å². The Morgan fingerprint density at radius 2 is 1.90 bits per heavy atom. The number of carbonyl (C=O) groups excluding carboxylic acids is 1. The van der Waals surface area contributed by atoms with Crippen molar-refractivity contribution in [1.82, 2.24) is 4.98 Å². The van der Waals surface area contributed by atoms with Crippen molar-refractivity contribution in [3.05, 3.63) is 63.4 Å². The second kappa shape index (κ2) is 6.15. The molecule has 1 aromatic heterocycles. The van der Waals surface area contributed by atoms with Crippen molar-refractivity contribution in [2.24, 2.45) is 0 Å². The third kappa shape index (κ3) is 3.43. The molecule has 1 aromatic carbocycles. The Morgan fingerprint density at radius 1 is 1.20 bits per heavy atom. The van der Waals surface area contributed by atoms with Crippen LogP contribution in [0.4, 0.5) is 8.78 Å². The fourth-order valence-electron chi connectivity index (χ4n) is 1.40. The van der Waals surface area contributed by atoms with Gasteiger partial charge in [0.25, 0.3) is 0 Å². The molecule has 0 atom stereocenters. The summed E-state index contributed by atoms with van der Waals surface area (Å²) in [5.74, 6) is -3.16. The number of pyridine rings is 1. The maximum absolute atomic E-state index is 13.1. The van der Waals surface area contributed by atoms with Crippen molar-refractivity contribution in [2.45, 2.75) is 6.61 Å². The van der Waals surface area contributed by atoms with Crippen LogP contribution in [0, 0.1) is 11.6 Å². The molecule has 0 saturated carbocycles. The van der Waals surface area contributed by atoms with Crippen molar-refractivity contribution in [2.75, 3.05) is 0 Å². The molecule has 0 aliphatic heterocycles. The highest BCUT2D eigenvalue weighted by Crippen LogP contribution is 2.21. The minimum atomic E-state index is -1.17. The third-order valence-corrected chi connectivity index (χ3v) is 2.92. The molecule has 0 fully saturated rings. The van der Waals surface area contributed by atoms with Crippen LogP contribution in [-0.4, -0.2) is 11.0 Å². The van der Waals surface area contributed by atoms with E-state index in [1.807, 2.05) is 0 Å². The first kappa shape index (κ1) is 14.7. The summed E-state index contributed by atoms with van der Waals surface area (Å²) in [6.07, 6.45) is 1.43. The Labute approximate surface area is 123 Å². The zero-order valence-electron chi connectivity index (χ0n) is 9.87. The summed E-state index contributed by atoms with van der Waals surface area (Å²) in [4.78, 5) is 15.5. The number of hydrogen-bond donors (Lipinski definition) is 0. The molecule has 20 heavy (non-hydrogen) atoms. The number of nitrogens with zero attached hydrogens (tertiary/aromatic N) is 1. The summed E-state index contributed by atoms with van der Waals surface area (Å²) in [7, 11) is 0. The number of benzene rings is 1. The van der Waals surface area contributed by atoms with E-state index in [9.17, 15) is 13.6 Å². The summed E-state index contributed by atoms with van der Waals surface area (Å²) < 4.78 is 30.9. The molecule has 7 heteroatoms. The molecule has 0 saturated heterocycles. The Morgan fingerprint density at radius 3 is 2.55 bits per heavy atom. The van der Waals surface area contributed by atoms with Crippen LogP contribution >= 0.6 is 23.2 Å². The monoisotopic (exact) mass is 317 g/mol. The van der Waals surface area contributed by atoms with Gasteiger partial charge in [-0.25, -0.2) is 18.6 Å². The lowest BCUT2D eigenvalue weighted by atomic mass is 10.2. The highest BCUT2D eigenvalue weighted by molar-refractivity contribution is 6.33. The summed E-state index contributed by atoms with van der Waals surface area (Å²) >= 11 is 11.3. The largest absolute Gasteiger partial charge is 0.457 e.